The molecule has 0 saturated carbocycles. The molecule has 0 radical (unpaired) electrons. The van der Waals surface area contributed by atoms with E-state index in [2.05, 4.69) is 5.32 Å². The van der Waals surface area contributed by atoms with Crippen LogP contribution >= 0.6 is 23.4 Å². The lowest BCUT2D eigenvalue weighted by Crippen LogP contribution is -2.17. The van der Waals surface area contributed by atoms with Gasteiger partial charge in [-0.15, -0.1) is 11.8 Å². The predicted octanol–water partition coefficient (Wildman–Crippen LogP) is 4.17. The van der Waals surface area contributed by atoms with Gasteiger partial charge in [0.25, 0.3) is 0 Å². The van der Waals surface area contributed by atoms with Crippen LogP contribution in [-0.4, -0.2) is 24.7 Å². The van der Waals surface area contributed by atoms with Crippen LogP contribution in [0.4, 0.5) is 5.69 Å². The second-order valence-electron chi connectivity index (χ2n) is 4.83. The molecule has 0 aliphatic heterocycles. The lowest BCUT2D eigenvalue weighted by atomic mass is 10.2. The number of anilines is 1. The first kappa shape index (κ1) is 17.4. The minimum atomic E-state index is -0.525. The van der Waals surface area contributed by atoms with Gasteiger partial charge in [0.05, 0.1) is 24.1 Å². The van der Waals surface area contributed by atoms with Crippen molar-refractivity contribution < 1.29 is 14.3 Å². The number of aryl methyl sites for hydroxylation is 1. The van der Waals surface area contributed by atoms with E-state index in [9.17, 15) is 9.59 Å². The molecule has 0 atom stereocenters. The molecule has 0 spiro atoms. The molecule has 1 N–H and O–H groups in total. The van der Waals surface area contributed by atoms with Crippen LogP contribution in [0.5, 0.6) is 0 Å². The molecule has 2 aromatic carbocycles. The Balaban J connectivity index is 2.05. The maximum Gasteiger partial charge on any atom is 0.339 e. The SMILES string of the molecule is COC(=O)c1ccc(Cl)cc1NC(=O)CSc1cccc(C)c1. The highest BCUT2D eigenvalue weighted by atomic mass is 35.5. The third-order valence-electron chi connectivity index (χ3n) is 3.02. The van der Waals surface area contributed by atoms with E-state index in [-0.39, 0.29) is 17.2 Å². The molecular weight excluding hydrogens is 334 g/mol. The monoisotopic (exact) mass is 349 g/mol. The van der Waals surface area contributed by atoms with Gasteiger partial charge in [-0.2, -0.15) is 0 Å². The third-order valence-corrected chi connectivity index (χ3v) is 4.25. The Morgan fingerprint density at radius 3 is 2.70 bits per heavy atom. The topological polar surface area (TPSA) is 55.4 Å². The Bertz CT molecular complexity index is 734. The highest BCUT2D eigenvalue weighted by molar-refractivity contribution is 8.00. The van der Waals surface area contributed by atoms with Gasteiger partial charge >= 0.3 is 5.97 Å². The smallest absolute Gasteiger partial charge is 0.339 e. The maximum atomic E-state index is 12.1. The predicted molar refractivity (Wildman–Crippen MR) is 93.3 cm³/mol. The summed E-state index contributed by atoms with van der Waals surface area (Å²) in [5.41, 5.74) is 1.75. The Morgan fingerprint density at radius 1 is 1.22 bits per heavy atom. The van der Waals surface area contributed by atoms with Crippen LogP contribution < -0.4 is 5.32 Å². The zero-order valence-electron chi connectivity index (χ0n) is 12.8. The number of halogens is 1. The van der Waals surface area contributed by atoms with Crippen LogP contribution in [-0.2, 0) is 9.53 Å². The zero-order chi connectivity index (χ0) is 16.8. The molecule has 0 fully saturated rings. The Kier molecular flexibility index (Phi) is 6.07. The second-order valence-corrected chi connectivity index (χ2v) is 6.32. The van der Waals surface area contributed by atoms with E-state index in [0.717, 1.165) is 10.5 Å². The average Bonchev–Trinajstić information content (AvgIpc) is 2.52. The van der Waals surface area contributed by atoms with Gasteiger partial charge in [-0.25, -0.2) is 4.79 Å². The first-order chi connectivity index (χ1) is 11.0. The molecule has 120 valence electrons. The molecule has 2 rings (SSSR count). The summed E-state index contributed by atoms with van der Waals surface area (Å²) in [6.07, 6.45) is 0. The van der Waals surface area contributed by atoms with Gasteiger partial charge in [-0.05, 0) is 37.3 Å². The quantitative estimate of drug-likeness (QED) is 0.650. The maximum absolute atomic E-state index is 12.1. The minimum absolute atomic E-state index is 0.219. The first-order valence-corrected chi connectivity index (χ1v) is 8.23. The van der Waals surface area contributed by atoms with Gasteiger partial charge in [-0.3, -0.25) is 4.79 Å². The number of thioether (sulfide) groups is 1. The molecule has 0 unspecified atom stereocenters. The van der Waals surface area contributed by atoms with E-state index in [1.807, 2.05) is 31.2 Å². The summed E-state index contributed by atoms with van der Waals surface area (Å²) in [7, 11) is 1.29. The summed E-state index contributed by atoms with van der Waals surface area (Å²) in [6.45, 7) is 2.00. The summed E-state index contributed by atoms with van der Waals surface area (Å²) in [6, 6.07) is 12.5. The number of carbonyl (C=O) groups excluding carboxylic acids is 2. The number of hydrogen-bond donors (Lipinski definition) is 1. The molecule has 0 aliphatic rings. The average molecular weight is 350 g/mol. The van der Waals surface area contributed by atoms with Crippen molar-refractivity contribution in [2.24, 2.45) is 0 Å². The van der Waals surface area contributed by atoms with E-state index >= 15 is 0 Å². The van der Waals surface area contributed by atoms with Crippen LogP contribution in [0.1, 0.15) is 15.9 Å². The normalized spacial score (nSPS) is 10.2. The minimum Gasteiger partial charge on any atom is -0.465 e. The number of benzene rings is 2. The van der Waals surface area contributed by atoms with E-state index < -0.39 is 5.97 Å². The number of carbonyl (C=O) groups is 2. The van der Waals surface area contributed by atoms with Crippen LogP contribution in [0.3, 0.4) is 0 Å². The fourth-order valence-corrected chi connectivity index (χ4v) is 2.93. The van der Waals surface area contributed by atoms with E-state index in [0.29, 0.717) is 10.7 Å². The van der Waals surface area contributed by atoms with Gasteiger partial charge in [0.1, 0.15) is 0 Å². The second kappa shape index (κ2) is 8.04. The number of ether oxygens (including phenoxy) is 1. The van der Waals surface area contributed by atoms with Gasteiger partial charge in [0.2, 0.25) is 5.91 Å². The number of amides is 1. The molecule has 23 heavy (non-hydrogen) atoms. The molecule has 0 bridgehead atoms. The van der Waals surface area contributed by atoms with Crippen molar-refractivity contribution >= 4 is 40.9 Å². The van der Waals surface area contributed by atoms with Crippen molar-refractivity contribution in [2.75, 3.05) is 18.2 Å². The molecule has 1 amide bonds. The molecular formula is C17H16ClNO3S. The number of esters is 1. The highest BCUT2D eigenvalue weighted by Crippen LogP contribution is 2.23. The number of methoxy groups -OCH3 is 1. The zero-order valence-corrected chi connectivity index (χ0v) is 14.3. The lowest BCUT2D eigenvalue weighted by Gasteiger charge is -2.10. The molecule has 2 aromatic rings. The molecule has 0 heterocycles. The van der Waals surface area contributed by atoms with Gasteiger partial charge in [0.15, 0.2) is 0 Å². The van der Waals surface area contributed by atoms with Gasteiger partial charge in [0, 0.05) is 9.92 Å². The van der Waals surface area contributed by atoms with Crippen molar-refractivity contribution in [3.63, 3.8) is 0 Å². The van der Waals surface area contributed by atoms with Crippen LogP contribution in [0.2, 0.25) is 5.02 Å². The van der Waals surface area contributed by atoms with E-state index in [1.54, 1.807) is 6.07 Å². The first-order valence-electron chi connectivity index (χ1n) is 6.87. The Hall–Kier alpha value is -1.98. The molecule has 0 saturated heterocycles. The van der Waals surface area contributed by atoms with Crippen molar-refractivity contribution in [3.05, 3.63) is 58.6 Å². The van der Waals surface area contributed by atoms with Gasteiger partial charge in [-0.1, -0.05) is 29.3 Å². The van der Waals surface area contributed by atoms with Gasteiger partial charge < -0.3 is 10.1 Å². The van der Waals surface area contributed by atoms with Crippen molar-refractivity contribution in [1.82, 2.24) is 0 Å². The molecule has 0 aliphatic carbocycles. The van der Waals surface area contributed by atoms with Crippen molar-refractivity contribution in [3.8, 4) is 0 Å². The third kappa shape index (κ3) is 5.01. The Morgan fingerprint density at radius 2 is 2.00 bits per heavy atom. The van der Waals surface area contributed by atoms with Crippen LogP contribution in [0.15, 0.2) is 47.4 Å². The van der Waals surface area contributed by atoms with Crippen molar-refractivity contribution in [2.45, 2.75) is 11.8 Å². The standard InChI is InChI=1S/C17H16ClNO3S/c1-11-4-3-5-13(8-11)23-10-16(20)19-15-9-12(18)6-7-14(15)17(21)22-2/h3-9H,10H2,1-2H3,(H,19,20). The summed E-state index contributed by atoms with van der Waals surface area (Å²) in [4.78, 5) is 24.9. The summed E-state index contributed by atoms with van der Waals surface area (Å²) in [5.74, 6) is -0.511. The summed E-state index contributed by atoms with van der Waals surface area (Å²) in [5, 5.41) is 3.14. The van der Waals surface area contributed by atoms with Crippen LogP contribution in [0, 0.1) is 6.92 Å². The summed E-state index contributed by atoms with van der Waals surface area (Å²) >= 11 is 7.35. The van der Waals surface area contributed by atoms with E-state index in [4.69, 9.17) is 16.3 Å². The number of nitrogens with one attached hydrogen (secondary N) is 1. The van der Waals surface area contributed by atoms with E-state index in [1.165, 1.54) is 31.0 Å². The Labute approximate surface area is 144 Å². The molecule has 0 aromatic heterocycles. The largest absolute Gasteiger partial charge is 0.465 e. The highest BCUT2D eigenvalue weighted by Gasteiger charge is 2.14. The van der Waals surface area contributed by atoms with Crippen LogP contribution in [0.25, 0.3) is 0 Å². The molecule has 4 nitrogen and oxygen atoms in total. The number of hydrogen-bond acceptors (Lipinski definition) is 4. The fraction of sp³-hybridized carbons (Fsp3) is 0.176. The van der Waals surface area contributed by atoms with Crippen molar-refractivity contribution in [1.29, 1.82) is 0 Å². The lowest BCUT2D eigenvalue weighted by molar-refractivity contribution is -0.113. The number of rotatable bonds is 5. The summed E-state index contributed by atoms with van der Waals surface area (Å²) < 4.78 is 4.70. The molecule has 6 heteroatoms. The fourth-order valence-electron chi connectivity index (χ4n) is 1.95.